The lowest BCUT2D eigenvalue weighted by Crippen LogP contribution is -2.25. The number of oxime groups is 1. The Bertz CT molecular complexity index is 385. The smallest absolute Gasteiger partial charge is 0.121 e. The molecule has 1 aromatic rings. The van der Waals surface area contributed by atoms with Crippen LogP contribution < -0.4 is 4.74 Å². The number of aryl methyl sites for hydroxylation is 1. The summed E-state index contributed by atoms with van der Waals surface area (Å²) in [5.74, 6) is 0.750. The Balaban J connectivity index is 2.52. The van der Waals surface area contributed by atoms with Gasteiger partial charge in [0, 0.05) is 0 Å². The molecular weight excluding hydrogens is 230 g/mol. The normalized spacial score (nSPS) is 15.2. The minimum absolute atomic E-state index is 0.223. The van der Waals surface area contributed by atoms with Gasteiger partial charge in [-0.15, -0.1) is 0 Å². The molecule has 2 N–H and O–H groups in total. The molecule has 0 spiro atoms. The van der Waals surface area contributed by atoms with E-state index in [0.717, 1.165) is 29.9 Å². The summed E-state index contributed by atoms with van der Waals surface area (Å²) in [6.45, 7) is 5.33. The summed E-state index contributed by atoms with van der Waals surface area (Å²) in [5.41, 5.74) is 1.88. The van der Waals surface area contributed by atoms with Crippen molar-refractivity contribution in [1.82, 2.24) is 0 Å². The van der Waals surface area contributed by atoms with Gasteiger partial charge in [0.25, 0.3) is 0 Å². The summed E-state index contributed by atoms with van der Waals surface area (Å²) in [6, 6.07) is 7.74. The fourth-order valence-corrected chi connectivity index (χ4v) is 1.42. The van der Waals surface area contributed by atoms with E-state index in [4.69, 9.17) is 9.94 Å². The number of nitrogens with zero attached hydrogens (tertiary/aromatic N) is 1. The summed E-state index contributed by atoms with van der Waals surface area (Å²) in [4.78, 5) is 0. The van der Waals surface area contributed by atoms with Gasteiger partial charge < -0.3 is 15.1 Å². The van der Waals surface area contributed by atoms with Gasteiger partial charge in [-0.2, -0.15) is 0 Å². The Kier molecular flexibility index (Phi) is 5.65. The van der Waals surface area contributed by atoms with Crippen molar-refractivity contribution in [3.63, 3.8) is 0 Å². The maximum Gasteiger partial charge on any atom is 0.121 e. The third-order valence-electron chi connectivity index (χ3n) is 2.87. The SMILES string of the molecule is CC(CCc1ccc(OC(C)C(C)O)cc1)=NO. The summed E-state index contributed by atoms with van der Waals surface area (Å²) >= 11 is 0. The van der Waals surface area contributed by atoms with Crippen LogP contribution in [-0.4, -0.2) is 28.2 Å². The third-order valence-corrected chi connectivity index (χ3v) is 2.87. The first-order chi connectivity index (χ1) is 8.52. The van der Waals surface area contributed by atoms with Gasteiger partial charge in [0.2, 0.25) is 0 Å². The van der Waals surface area contributed by atoms with E-state index in [1.807, 2.05) is 31.2 Å². The second-order valence-electron chi connectivity index (χ2n) is 4.54. The summed E-state index contributed by atoms with van der Waals surface area (Å²) in [7, 11) is 0. The highest BCUT2D eigenvalue weighted by molar-refractivity contribution is 5.81. The van der Waals surface area contributed by atoms with Crippen LogP contribution in [0, 0.1) is 0 Å². The molecule has 0 amide bonds. The average Bonchev–Trinajstić information content (AvgIpc) is 2.37. The van der Waals surface area contributed by atoms with Crippen LogP contribution in [0.15, 0.2) is 29.4 Å². The average molecular weight is 251 g/mol. The first kappa shape index (κ1) is 14.5. The Morgan fingerprint density at radius 3 is 2.39 bits per heavy atom. The topological polar surface area (TPSA) is 62.0 Å². The van der Waals surface area contributed by atoms with Gasteiger partial charge in [-0.25, -0.2) is 0 Å². The van der Waals surface area contributed by atoms with E-state index in [1.165, 1.54) is 0 Å². The highest BCUT2D eigenvalue weighted by atomic mass is 16.5. The predicted octanol–water partition coefficient (Wildman–Crippen LogP) is 2.62. The van der Waals surface area contributed by atoms with Crippen molar-refractivity contribution < 1.29 is 15.1 Å². The first-order valence-electron chi connectivity index (χ1n) is 6.14. The van der Waals surface area contributed by atoms with Gasteiger partial charge in [0.15, 0.2) is 0 Å². The first-order valence-corrected chi connectivity index (χ1v) is 6.14. The molecule has 4 heteroatoms. The largest absolute Gasteiger partial charge is 0.488 e. The number of hydrogen-bond donors (Lipinski definition) is 2. The molecule has 0 fully saturated rings. The van der Waals surface area contributed by atoms with E-state index in [-0.39, 0.29) is 6.10 Å². The molecule has 0 radical (unpaired) electrons. The second kappa shape index (κ2) is 7.01. The summed E-state index contributed by atoms with van der Waals surface area (Å²) in [6.07, 6.45) is 0.857. The van der Waals surface area contributed by atoms with Crippen molar-refractivity contribution in [2.24, 2.45) is 5.16 Å². The van der Waals surface area contributed by atoms with Gasteiger partial charge in [0.1, 0.15) is 11.9 Å². The Labute approximate surface area is 108 Å². The van der Waals surface area contributed by atoms with Gasteiger partial charge >= 0.3 is 0 Å². The van der Waals surface area contributed by atoms with E-state index in [2.05, 4.69) is 5.16 Å². The maximum absolute atomic E-state index is 9.35. The minimum Gasteiger partial charge on any atom is -0.488 e. The predicted molar refractivity (Wildman–Crippen MR) is 71.4 cm³/mol. The Morgan fingerprint density at radius 2 is 1.89 bits per heavy atom. The van der Waals surface area contributed by atoms with Crippen LogP contribution in [0.2, 0.25) is 0 Å². The molecule has 2 atom stereocenters. The van der Waals surface area contributed by atoms with Crippen LogP contribution in [0.4, 0.5) is 0 Å². The number of benzene rings is 1. The van der Waals surface area contributed by atoms with Crippen LogP contribution in [-0.2, 0) is 6.42 Å². The number of hydrogen-bond acceptors (Lipinski definition) is 4. The van der Waals surface area contributed by atoms with E-state index < -0.39 is 6.10 Å². The van der Waals surface area contributed by atoms with Crippen molar-refractivity contribution in [3.05, 3.63) is 29.8 Å². The van der Waals surface area contributed by atoms with Crippen LogP contribution in [0.1, 0.15) is 32.8 Å². The lowest BCUT2D eigenvalue weighted by molar-refractivity contribution is 0.0604. The molecule has 2 unspecified atom stereocenters. The monoisotopic (exact) mass is 251 g/mol. The molecular formula is C14H21NO3. The second-order valence-corrected chi connectivity index (χ2v) is 4.54. The van der Waals surface area contributed by atoms with Gasteiger partial charge in [-0.3, -0.25) is 0 Å². The molecule has 1 aromatic carbocycles. The molecule has 0 aliphatic rings. The molecule has 1 rings (SSSR count). The highest BCUT2D eigenvalue weighted by Gasteiger charge is 2.09. The van der Waals surface area contributed by atoms with Crippen LogP contribution >= 0.6 is 0 Å². The number of aliphatic hydroxyl groups is 1. The lowest BCUT2D eigenvalue weighted by atomic mass is 10.1. The zero-order valence-corrected chi connectivity index (χ0v) is 11.1. The number of ether oxygens (including phenoxy) is 1. The maximum atomic E-state index is 9.35. The summed E-state index contributed by atoms with van der Waals surface area (Å²) in [5, 5.41) is 21.0. The van der Waals surface area contributed by atoms with E-state index in [1.54, 1.807) is 13.8 Å². The lowest BCUT2D eigenvalue weighted by Gasteiger charge is -2.17. The van der Waals surface area contributed by atoms with Crippen molar-refractivity contribution in [2.75, 3.05) is 0 Å². The molecule has 18 heavy (non-hydrogen) atoms. The van der Waals surface area contributed by atoms with Crippen LogP contribution in [0.25, 0.3) is 0 Å². The zero-order valence-electron chi connectivity index (χ0n) is 11.1. The van der Waals surface area contributed by atoms with Crippen LogP contribution in [0.5, 0.6) is 5.75 Å². The Morgan fingerprint density at radius 1 is 1.28 bits per heavy atom. The standard InChI is InChI=1S/C14H21NO3/c1-10(15-17)4-5-13-6-8-14(9-7-13)18-12(3)11(2)16/h6-9,11-12,16-17H,4-5H2,1-3H3. The van der Waals surface area contributed by atoms with Crippen molar-refractivity contribution in [3.8, 4) is 5.75 Å². The molecule has 0 aliphatic heterocycles. The van der Waals surface area contributed by atoms with E-state index in [0.29, 0.717) is 0 Å². The van der Waals surface area contributed by atoms with Gasteiger partial charge in [-0.1, -0.05) is 17.3 Å². The van der Waals surface area contributed by atoms with Crippen molar-refractivity contribution in [1.29, 1.82) is 0 Å². The quantitative estimate of drug-likeness (QED) is 0.464. The number of aliphatic hydroxyl groups excluding tert-OH is 1. The van der Waals surface area contributed by atoms with Crippen molar-refractivity contribution >= 4 is 5.71 Å². The molecule has 0 saturated carbocycles. The minimum atomic E-state index is -0.493. The highest BCUT2D eigenvalue weighted by Crippen LogP contribution is 2.16. The molecule has 0 heterocycles. The van der Waals surface area contributed by atoms with Gasteiger partial charge in [-0.05, 0) is 51.3 Å². The number of rotatable bonds is 6. The summed E-state index contributed by atoms with van der Waals surface area (Å²) < 4.78 is 5.56. The Hall–Kier alpha value is -1.55. The van der Waals surface area contributed by atoms with E-state index >= 15 is 0 Å². The molecule has 0 saturated heterocycles. The zero-order chi connectivity index (χ0) is 13.5. The van der Waals surface area contributed by atoms with Crippen molar-refractivity contribution in [2.45, 2.75) is 45.8 Å². The fraction of sp³-hybridized carbons (Fsp3) is 0.500. The molecule has 0 aromatic heterocycles. The molecule has 100 valence electrons. The van der Waals surface area contributed by atoms with Crippen LogP contribution in [0.3, 0.4) is 0 Å². The van der Waals surface area contributed by atoms with Gasteiger partial charge in [0.05, 0.1) is 11.8 Å². The fourth-order valence-electron chi connectivity index (χ4n) is 1.42. The molecule has 0 aliphatic carbocycles. The molecule has 0 bridgehead atoms. The molecule has 4 nitrogen and oxygen atoms in total. The third kappa shape index (κ3) is 4.75. The van der Waals surface area contributed by atoms with E-state index in [9.17, 15) is 5.11 Å².